The molecule has 0 fully saturated rings. The van der Waals surface area contributed by atoms with Gasteiger partial charge in [0.2, 0.25) is 0 Å². The summed E-state index contributed by atoms with van der Waals surface area (Å²) in [6.45, 7) is 1.09. The lowest BCUT2D eigenvalue weighted by Crippen LogP contribution is -2.42. The average Bonchev–Trinajstić information content (AvgIpc) is 3.14. The van der Waals surface area contributed by atoms with E-state index in [-0.39, 0.29) is 43.7 Å². The SMILES string of the molecule is CCOC(=O)[C@H](CO)C[C@H](N)Cc1ccc(-c2ccccc2F)cc1.O=C(O)C(=O)N[C@H](Cc1ccc(-c2ccccc2F)cc1)C[C@@H](CO)C(=O)O. The number of hydrogen-bond acceptors (Lipinski definition) is 8. The molecular formula is C40H44F2N2O9. The van der Waals surface area contributed by atoms with Gasteiger partial charge >= 0.3 is 23.8 Å². The standard InChI is InChI=1S/C20H20FNO6.C20H24FNO3/c21-17-4-2-1-3-16(17)13-7-5-12(6-8-13)9-15(22-18(24)20(27)28)10-14(11-23)19(25)26;1-2-25-20(24)16(13-23)12-17(22)11-14-7-9-15(10-8-14)18-5-3-4-6-19(18)21/h1-8,14-15,23H,9-11H2,(H,22,24)(H,25,26)(H,27,28);3-10,16-17,23H,2,11-13,22H2,1H3/t14-,15+;16-,17+/m00/s1. The minimum Gasteiger partial charge on any atom is -0.481 e. The lowest BCUT2D eigenvalue weighted by Gasteiger charge is -2.21. The Hall–Kier alpha value is -5.50. The van der Waals surface area contributed by atoms with Crippen molar-refractivity contribution in [2.75, 3.05) is 19.8 Å². The summed E-state index contributed by atoms with van der Waals surface area (Å²) >= 11 is 0. The Morgan fingerprint density at radius 1 is 0.698 bits per heavy atom. The number of rotatable bonds is 16. The van der Waals surface area contributed by atoms with Crippen LogP contribution in [-0.4, -0.2) is 76.1 Å². The van der Waals surface area contributed by atoms with Crippen molar-refractivity contribution in [2.45, 2.75) is 44.7 Å². The van der Waals surface area contributed by atoms with E-state index in [4.69, 9.17) is 20.7 Å². The molecule has 7 N–H and O–H groups in total. The number of esters is 1. The summed E-state index contributed by atoms with van der Waals surface area (Å²) in [4.78, 5) is 45.2. The van der Waals surface area contributed by atoms with Crippen LogP contribution >= 0.6 is 0 Å². The molecule has 0 radical (unpaired) electrons. The van der Waals surface area contributed by atoms with E-state index in [9.17, 15) is 38.2 Å². The number of ether oxygens (including phenoxy) is 1. The summed E-state index contributed by atoms with van der Waals surface area (Å²) < 4.78 is 32.6. The number of carboxylic acid groups (broad SMARTS) is 2. The predicted octanol–water partition coefficient (Wildman–Crippen LogP) is 4.61. The minimum absolute atomic E-state index is 0.139. The molecule has 282 valence electrons. The number of aliphatic hydroxyl groups excluding tert-OH is 2. The third-order valence-corrected chi connectivity index (χ3v) is 8.35. The van der Waals surface area contributed by atoms with Crippen LogP contribution in [0.1, 0.15) is 30.9 Å². The molecule has 0 saturated heterocycles. The van der Waals surface area contributed by atoms with Gasteiger partial charge in [-0.1, -0.05) is 84.9 Å². The van der Waals surface area contributed by atoms with Crippen LogP contribution in [0.2, 0.25) is 0 Å². The van der Waals surface area contributed by atoms with Crippen molar-refractivity contribution in [1.29, 1.82) is 0 Å². The Morgan fingerprint density at radius 2 is 1.17 bits per heavy atom. The Balaban J connectivity index is 0.000000287. The van der Waals surface area contributed by atoms with Crippen LogP contribution in [0.5, 0.6) is 0 Å². The van der Waals surface area contributed by atoms with Crippen LogP contribution in [0.3, 0.4) is 0 Å². The summed E-state index contributed by atoms with van der Waals surface area (Å²) in [7, 11) is 0. The molecule has 0 saturated carbocycles. The number of halogens is 2. The number of hydrogen-bond donors (Lipinski definition) is 6. The zero-order chi connectivity index (χ0) is 38.9. The van der Waals surface area contributed by atoms with E-state index in [1.54, 1.807) is 67.6 Å². The minimum atomic E-state index is -1.68. The summed E-state index contributed by atoms with van der Waals surface area (Å²) in [5.41, 5.74) is 10.2. The largest absolute Gasteiger partial charge is 0.481 e. The first-order valence-electron chi connectivity index (χ1n) is 16.9. The van der Waals surface area contributed by atoms with E-state index in [0.717, 1.165) is 11.1 Å². The van der Waals surface area contributed by atoms with Gasteiger partial charge in [0.05, 0.1) is 31.7 Å². The van der Waals surface area contributed by atoms with Crippen LogP contribution in [-0.2, 0) is 36.8 Å². The molecule has 4 aromatic carbocycles. The number of aliphatic hydroxyl groups is 2. The van der Waals surface area contributed by atoms with Crippen LogP contribution in [0.15, 0.2) is 97.1 Å². The van der Waals surface area contributed by atoms with E-state index < -0.39 is 48.3 Å². The van der Waals surface area contributed by atoms with Crippen LogP contribution < -0.4 is 11.1 Å². The highest BCUT2D eigenvalue weighted by Gasteiger charge is 2.26. The lowest BCUT2D eigenvalue weighted by atomic mass is 9.94. The second kappa shape index (κ2) is 21.1. The van der Waals surface area contributed by atoms with Crippen molar-refractivity contribution in [3.8, 4) is 22.3 Å². The quantitative estimate of drug-likeness (QED) is 0.0699. The maximum absolute atomic E-state index is 13.9. The van der Waals surface area contributed by atoms with E-state index in [2.05, 4.69) is 5.32 Å². The fraction of sp³-hybridized carbons (Fsp3) is 0.300. The molecule has 4 aromatic rings. The van der Waals surface area contributed by atoms with Crippen LogP contribution in [0.4, 0.5) is 8.78 Å². The topological polar surface area (TPSA) is 196 Å². The summed E-state index contributed by atoms with van der Waals surface area (Å²) in [5.74, 6) is -6.97. The van der Waals surface area contributed by atoms with Gasteiger partial charge in [0.1, 0.15) is 11.6 Å². The number of amides is 1. The highest BCUT2D eigenvalue weighted by Crippen LogP contribution is 2.25. The van der Waals surface area contributed by atoms with Gasteiger partial charge in [-0.3, -0.25) is 14.4 Å². The molecule has 0 aliphatic heterocycles. The second-order valence-corrected chi connectivity index (χ2v) is 12.3. The number of carboxylic acids is 2. The molecular weight excluding hydrogens is 690 g/mol. The monoisotopic (exact) mass is 734 g/mol. The van der Waals surface area contributed by atoms with Gasteiger partial charge in [-0.25, -0.2) is 13.6 Å². The number of nitrogens with one attached hydrogen (secondary N) is 1. The van der Waals surface area contributed by atoms with Gasteiger partial charge in [0.25, 0.3) is 0 Å². The molecule has 11 nitrogen and oxygen atoms in total. The Labute approximate surface area is 306 Å². The molecule has 13 heteroatoms. The average molecular weight is 735 g/mol. The zero-order valence-electron chi connectivity index (χ0n) is 29.2. The Morgan fingerprint density at radius 3 is 1.58 bits per heavy atom. The van der Waals surface area contributed by atoms with Crippen molar-refractivity contribution >= 4 is 23.8 Å². The van der Waals surface area contributed by atoms with Crippen molar-refractivity contribution in [2.24, 2.45) is 17.6 Å². The maximum Gasteiger partial charge on any atom is 0.394 e. The van der Waals surface area contributed by atoms with Crippen molar-refractivity contribution in [3.63, 3.8) is 0 Å². The summed E-state index contributed by atoms with van der Waals surface area (Å²) in [5, 5.41) is 38.7. The third-order valence-electron chi connectivity index (χ3n) is 8.35. The van der Waals surface area contributed by atoms with Crippen molar-refractivity contribution in [3.05, 3.63) is 120 Å². The number of carbonyl (C=O) groups is 4. The zero-order valence-corrected chi connectivity index (χ0v) is 29.2. The van der Waals surface area contributed by atoms with Crippen molar-refractivity contribution < 1.29 is 53.1 Å². The van der Waals surface area contributed by atoms with Crippen LogP contribution in [0.25, 0.3) is 22.3 Å². The second-order valence-electron chi connectivity index (χ2n) is 12.3. The molecule has 1 amide bonds. The van der Waals surface area contributed by atoms with E-state index in [1.807, 2.05) is 24.3 Å². The van der Waals surface area contributed by atoms with Crippen molar-refractivity contribution in [1.82, 2.24) is 5.32 Å². The smallest absolute Gasteiger partial charge is 0.394 e. The van der Waals surface area contributed by atoms with Gasteiger partial charge in [-0.2, -0.15) is 0 Å². The molecule has 0 unspecified atom stereocenters. The Bertz CT molecular complexity index is 1800. The van der Waals surface area contributed by atoms with Gasteiger partial charge in [-0.15, -0.1) is 0 Å². The molecule has 0 heterocycles. The fourth-order valence-corrected chi connectivity index (χ4v) is 5.61. The first-order valence-corrected chi connectivity index (χ1v) is 16.9. The van der Waals surface area contributed by atoms with Gasteiger partial charge in [0.15, 0.2) is 0 Å². The van der Waals surface area contributed by atoms with E-state index in [0.29, 0.717) is 35.1 Å². The molecule has 0 spiro atoms. The molecule has 0 aliphatic rings. The summed E-state index contributed by atoms with van der Waals surface area (Å²) in [6, 6.07) is 26.1. The number of carbonyl (C=O) groups excluding carboxylic acids is 2. The normalized spacial score (nSPS) is 13.0. The van der Waals surface area contributed by atoms with Gasteiger partial charge in [0, 0.05) is 23.2 Å². The number of aliphatic carboxylic acids is 2. The summed E-state index contributed by atoms with van der Waals surface area (Å²) in [6.07, 6.45) is 0.929. The lowest BCUT2D eigenvalue weighted by molar-refractivity contribution is -0.151. The number of benzene rings is 4. The van der Waals surface area contributed by atoms with Gasteiger partial charge < -0.3 is 36.2 Å². The van der Waals surface area contributed by atoms with E-state index in [1.165, 1.54) is 12.1 Å². The molecule has 0 bridgehead atoms. The first kappa shape index (κ1) is 41.9. The highest BCUT2D eigenvalue weighted by atomic mass is 19.1. The Kier molecular flexibility index (Phi) is 16.7. The molecule has 4 rings (SSSR count). The molecule has 0 aromatic heterocycles. The maximum atomic E-state index is 13.9. The van der Waals surface area contributed by atoms with Crippen LogP contribution in [0, 0.1) is 23.5 Å². The highest BCUT2D eigenvalue weighted by molar-refractivity contribution is 6.31. The number of nitrogens with two attached hydrogens (primary N) is 1. The molecule has 53 heavy (non-hydrogen) atoms. The van der Waals surface area contributed by atoms with E-state index >= 15 is 0 Å². The molecule has 0 aliphatic carbocycles. The predicted molar refractivity (Wildman–Crippen MR) is 193 cm³/mol. The third kappa shape index (κ3) is 13.2. The first-order chi connectivity index (χ1) is 25.4. The fourth-order valence-electron chi connectivity index (χ4n) is 5.61. The van der Waals surface area contributed by atoms with Gasteiger partial charge in [-0.05, 0) is 67.0 Å². The molecule has 4 atom stereocenters.